The molecule has 0 aromatic carbocycles. The summed E-state index contributed by atoms with van der Waals surface area (Å²) < 4.78 is 7.51. The van der Waals surface area contributed by atoms with E-state index >= 15 is 0 Å². The Bertz CT molecular complexity index is 320. The van der Waals surface area contributed by atoms with Gasteiger partial charge in [-0.2, -0.15) is 0 Å². The standard InChI is InChI=1S/C14H28INO3Si/c1-7-20(8-2,9-3)19-13(11-10-12(4)15)14(17)16(5)18-6/h10,13H,7-9,11H2,1-6H3/t13-/m0/s1. The summed E-state index contributed by atoms with van der Waals surface area (Å²) in [6, 6.07) is 3.11. The number of nitrogens with zero attached hydrogens (tertiary/aromatic N) is 1. The molecule has 0 aliphatic rings. The second-order valence-electron chi connectivity index (χ2n) is 4.90. The van der Waals surface area contributed by atoms with Crippen LogP contribution in [0.3, 0.4) is 0 Å². The average molecular weight is 413 g/mol. The van der Waals surface area contributed by atoms with Gasteiger partial charge >= 0.3 is 0 Å². The van der Waals surface area contributed by atoms with Crippen LogP contribution >= 0.6 is 22.6 Å². The lowest BCUT2D eigenvalue weighted by atomic mass is 10.2. The number of hydroxylamine groups is 2. The molecule has 0 rings (SSSR count). The molecule has 0 bridgehead atoms. The Morgan fingerprint density at radius 3 is 2.15 bits per heavy atom. The third kappa shape index (κ3) is 6.24. The van der Waals surface area contributed by atoms with Gasteiger partial charge in [0.05, 0.1) is 7.11 Å². The highest BCUT2D eigenvalue weighted by Crippen LogP contribution is 2.25. The van der Waals surface area contributed by atoms with Gasteiger partial charge in [0.2, 0.25) is 0 Å². The van der Waals surface area contributed by atoms with Crippen LogP contribution in [0.4, 0.5) is 0 Å². The van der Waals surface area contributed by atoms with Crippen LogP contribution in [0, 0.1) is 0 Å². The number of rotatable bonds is 9. The minimum absolute atomic E-state index is 0.103. The lowest BCUT2D eigenvalue weighted by Crippen LogP contribution is -2.46. The summed E-state index contributed by atoms with van der Waals surface area (Å²) in [5, 5.41) is 1.27. The molecule has 6 heteroatoms. The number of halogens is 1. The van der Waals surface area contributed by atoms with E-state index in [1.165, 1.54) is 15.8 Å². The maximum Gasteiger partial charge on any atom is 0.274 e. The molecule has 0 aromatic heterocycles. The molecule has 0 aliphatic carbocycles. The topological polar surface area (TPSA) is 38.8 Å². The number of carbonyl (C=O) groups is 1. The van der Waals surface area contributed by atoms with Crippen molar-refractivity contribution in [3.8, 4) is 0 Å². The molecule has 1 atom stereocenters. The SMILES string of the molecule is CC[Si](CC)(CC)O[C@@H](CC=C(C)I)C(=O)N(C)OC. The van der Waals surface area contributed by atoms with E-state index < -0.39 is 14.4 Å². The van der Waals surface area contributed by atoms with Crippen LogP contribution in [0.5, 0.6) is 0 Å². The molecule has 4 nitrogen and oxygen atoms in total. The van der Waals surface area contributed by atoms with E-state index in [-0.39, 0.29) is 5.91 Å². The predicted molar refractivity (Wildman–Crippen MR) is 94.2 cm³/mol. The second-order valence-corrected chi connectivity index (χ2v) is 11.3. The first-order valence-electron chi connectivity index (χ1n) is 7.17. The number of hydrogen-bond acceptors (Lipinski definition) is 3. The van der Waals surface area contributed by atoms with Crippen LogP contribution in [0.15, 0.2) is 9.66 Å². The molecular formula is C14H28INO3Si. The molecule has 0 spiro atoms. The van der Waals surface area contributed by atoms with Gasteiger partial charge in [0, 0.05) is 13.5 Å². The molecule has 0 heterocycles. The van der Waals surface area contributed by atoms with E-state index in [1.54, 1.807) is 7.05 Å². The molecule has 0 radical (unpaired) electrons. The smallest absolute Gasteiger partial charge is 0.274 e. The van der Waals surface area contributed by atoms with Crippen molar-refractivity contribution < 1.29 is 14.1 Å². The summed E-state index contributed by atoms with van der Waals surface area (Å²) in [5.74, 6) is -0.103. The Morgan fingerprint density at radius 1 is 1.30 bits per heavy atom. The number of amides is 1. The summed E-state index contributed by atoms with van der Waals surface area (Å²) in [6.45, 7) is 8.52. The highest BCUT2D eigenvalue weighted by atomic mass is 127. The third-order valence-electron chi connectivity index (χ3n) is 3.80. The largest absolute Gasteiger partial charge is 0.405 e. The first kappa shape index (κ1) is 20.1. The van der Waals surface area contributed by atoms with E-state index in [4.69, 9.17) is 9.26 Å². The van der Waals surface area contributed by atoms with Crippen LogP contribution in [-0.4, -0.2) is 39.5 Å². The van der Waals surface area contributed by atoms with Gasteiger partial charge < -0.3 is 4.43 Å². The first-order valence-corrected chi connectivity index (χ1v) is 10.8. The summed E-state index contributed by atoms with van der Waals surface area (Å²) >= 11 is 2.25. The van der Waals surface area contributed by atoms with E-state index in [2.05, 4.69) is 43.4 Å². The second kappa shape index (κ2) is 9.91. The lowest BCUT2D eigenvalue weighted by molar-refractivity contribution is -0.176. The molecule has 0 saturated heterocycles. The number of carbonyl (C=O) groups excluding carboxylic acids is 1. The third-order valence-corrected chi connectivity index (χ3v) is 8.89. The van der Waals surface area contributed by atoms with Crippen LogP contribution in [-0.2, 0) is 14.1 Å². The van der Waals surface area contributed by atoms with Crippen molar-refractivity contribution in [3.05, 3.63) is 9.66 Å². The van der Waals surface area contributed by atoms with E-state index in [9.17, 15) is 4.79 Å². The predicted octanol–water partition coefficient (Wildman–Crippen LogP) is 4.13. The fraction of sp³-hybridized carbons (Fsp3) is 0.786. The van der Waals surface area contributed by atoms with Crippen LogP contribution < -0.4 is 0 Å². The van der Waals surface area contributed by atoms with E-state index in [1.807, 2.05) is 13.0 Å². The van der Waals surface area contributed by atoms with Crippen LogP contribution in [0.25, 0.3) is 0 Å². The number of likely N-dealkylation sites (N-methyl/N-ethyl adjacent to an activating group) is 1. The fourth-order valence-corrected chi connectivity index (χ4v) is 5.12. The monoisotopic (exact) mass is 413 g/mol. The van der Waals surface area contributed by atoms with Gasteiger partial charge in [0.15, 0.2) is 8.32 Å². The lowest BCUT2D eigenvalue weighted by Gasteiger charge is -2.33. The molecule has 0 aliphatic heterocycles. The zero-order valence-corrected chi connectivity index (χ0v) is 16.7. The zero-order valence-electron chi connectivity index (χ0n) is 13.5. The fourth-order valence-electron chi connectivity index (χ4n) is 2.06. The number of allylic oxidation sites excluding steroid dienone is 1. The summed E-state index contributed by atoms with van der Waals surface area (Å²) in [6.07, 6.45) is 2.22. The molecule has 0 unspecified atom stereocenters. The summed E-state index contributed by atoms with van der Waals surface area (Å²) in [7, 11) is 1.32. The van der Waals surface area contributed by atoms with Crippen molar-refractivity contribution in [2.75, 3.05) is 14.2 Å². The Kier molecular flexibility index (Phi) is 9.95. The number of hydrogen-bond donors (Lipinski definition) is 0. The van der Waals surface area contributed by atoms with E-state index in [0.717, 1.165) is 18.1 Å². The van der Waals surface area contributed by atoms with Gasteiger partial charge in [0.25, 0.3) is 5.91 Å². The average Bonchev–Trinajstić information content (AvgIpc) is 2.46. The van der Waals surface area contributed by atoms with Gasteiger partial charge in [0.1, 0.15) is 6.10 Å². The molecule has 118 valence electrons. The van der Waals surface area contributed by atoms with Crippen LogP contribution in [0.2, 0.25) is 18.1 Å². The van der Waals surface area contributed by atoms with Gasteiger partial charge in [-0.3, -0.25) is 9.63 Å². The zero-order chi connectivity index (χ0) is 15.8. The maximum atomic E-state index is 12.4. The van der Waals surface area contributed by atoms with Gasteiger partial charge in [-0.25, -0.2) is 5.06 Å². The minimum atomic E-state index is -1.81. The van der Waals surface area contributed by atoms with Gasteiger partial charge in [-0.15, -0.1) is 0 Å². The maximum absolute atomic E-state index is 12.4. The summed E-state index contributed by atoms with van der Waals surface area (Å²) in [5.41, 5.74) is 0. The molecule has 0 N–H and O–H groups in total. The molecule has 0 aromatic rings. The van der Waals surface area contributed by atoms with Crippen molar-refractivity contribution in [1.82, 2.24) is 5.06 Å². The Morgan fingerprint density at radius 2 is 1.80 bits per heavy atom. The van der Waals surface area contributed by atoms with Crippen molar-refractivity contribution >= 4 is 36.8 Å². The van der Waals surface area contributed by atoms with Gasteiger partial charge in [-0.1, -0.05) is 26.8 Å². The normalized spacial score (nSPS) is 14.2. The van der Waals surface area contributed by atoms with Crippen molar-refractivity contribution in [2.45, 2.75) is 58.4 Å². The van der Waals surface area contributed by atoms with Crippen molar-refractivity contribution in [2.24, 2.45) is 0 Å². The molecule has 0 fully saturated rings. The van der Waals surface area contributed by atoms with Gasteiger partial charge in [-0.05, 0) is 51.2 Å². The molecular weight excluding hydrogens is 385 g/mol. The van der Waals surface area contributed by atoms with Crippen molar-refractivity contribution in [3.63, 3.8) is 0 Å². The Hall–Kier alpha value is 0.0769. The molecule has 1 amide bonds. The summed E-state index contributed by atoms with van der Waals surface area (Å²) in [4.78, 5) is 17.4. The first-order chi connectivity index (χ1) is 9.35. The van der Waals surface area contributed by atoms with Crippen molar-refractivity contribution in [1.29, 1.82) is 0 Å². The highest BCUT2D eigenvalue weighted by molar-refractivity contribution is 14.1. The highest BCUT2D eigenvalue weighted by Gasteiger charge is 2.35. The Labute approximate surface area is 138 Å². The quantitative estimate of drug-likeness (QED) is 0.324. The molecule has 20 heavy (non-hydrogen) atoms. The van der Waals surface area contributed by atoms with Crippen LogP contribution in [0.1, 0.15) is 34.1 Å². The minimum Gasteiger partial charge on any atom is -0.405 e. The Balaban J connectivity index is 5.11. The van der Waals surface area contributed by atoms with E-state index in [0.29, 0.717) is 6.42 Å². The molecule has 0 saturated carbocycles.